The van der Waals surface area contributed by atoms with Gasteiger partial charge in [-0.25, -0.2) is 0 Å². The molecular weight excluding hydrogens is 322 g/mol. The minimum atomic E-state index is 0.0363. The maximum Gasteiger partial charge on any atom is 0.246 e. The van der Waals surface area contributed by atoms with Crippen LogP contribution >= 0.6 is 0 Å². The topological polar surface area (TPSA) is 47.3 Å². The van der Waals surface area contributed by atoms with E-state index in [2.05, 4.69) is 42.2 Å². The summed E-state index contributed by atoms with van der Waals surface area (Å²) in [6.07, 6.45) is 0.325. The second-order valence-electron chi connectivity index (χ2n) is 7.14. The van der Waals surface area contributed by atoms with E-state index >= 15 is 0 Å². The standard InChI is InChI=1S/C22H25N3O/c1-16-11-17(2)13-19(12-16)25(10-6-9-23)22(26)15-24-14-18(3)20-7-4-5-8-21(20)24/h4-5,7-8,11-13,18H,6,10,14-15H2,1-3H3. The van der Waals surface area contributed by atoms with Gasteiger partial charge in [-0.1, -0.05) is 31.2 Å². The van der Waals surface area contributed by atoms with Gasteiger partial charge in [0.2, 0.25) is 5.91 Å². The van der Waals surface area contributed by atoms with Gasteiger partial charge in [-0.2, -0.15) is 5.26 Å². The van der Waals surface area contributed by atoms with Crippen LogP contribution in [0.2, 0.25) is 0 Å². The van der Waals surface area contributed by atoms with Gasteiger partial charge in [0, 0.05) is 30.4 Å². The predicted octanol–water partition coefficient (Wildman–Crippen LogP) is 4.17. The molecule has 0 fully saturated rings. The quantitative estimate of drug-likeness (QED) is 0.815. The maximum absolute atomic E-state index is 13.1. The van der Waals surface area contributed by atoms with Crippen LogP contribution in [0.15, 0.2) is 42.5 Å². The number of benzene rings is 2. The van der Waals surface area contributed by atoms with E-state index in [9.17, 15) is 4.79 Å². The van der Waals surface area contributed by atoms with E-state index < -0.39 is 0 Å². The predicted molar refractivity (Wildman–Crippen MR) is 106 cm³/mol. The Labute approximate surface area is 155 Å². The first-order valence-electron chi connectivity index (χ1n) is 9.09. The lowest BCUT2D eigenvalue weighted by molar-refractivity contribution is -0.117. The Hall–Kier alpha value is -2.80. The van der Waals surface area contributed by atoms with Crippen LogP contribution in [0.4, 0.5) is 11.4 Å². The number of nitrogens with zero attached hydrogens (tertiary/aromatic N) is 3. The first-order chi connectivity index (χ1) is 12.5. The summed E-state index contributed by atoms with van der Waals surface area (Å²) in [5.41, 5.74) is 5.57. The number of hydrogen-bond acceptors (Lipinski definition) is 3. The monoisotopic (exact) mass is 347 g/mol. The molecule has 0 spiro atoms. The van der Waals surface area contributed by atoms with Crippen molar-refractivity contribution in [1.82, 2.24) is 0 Å². The van der Waals surface area contributed by atoms with Gasteiger partial charge < -0.3 is 9.80 Å². The summed E-state index contributed by atoms with van der Waals surface area (Å²) in [6.45, 7) is 7.86. The molecule has 1 amide bonds. The summed E-state index contributed by atoms with van der Waals surface area (Å²) in [5.74, 6) is 0.460. The molecule has 1 aliphatic rings. The Bertz CT molecular complexity index is 832. The van der Waals surface area contributed by atoms with E-state index in [0.717, 1.165) is 29.0 Å². The number of carbonyl (C=O) groups is 1. The van der Waals surface area contributed by atoms with Crippen molar-refractivity contribution in [2.45, 2.75) is 33.1 Å². The fraction of sp³-hybridized carbons (Fsp3) is 0.364. The average Bonchev–Trinajstić information content (AvgIpc) is 2.91. The van der Waals surface area contributed by atoms with Crippen molar-refractivity contribution < 1.29 is 4.79 Å². The number of carbonyl (C=O) groups excluding carboxylic acids is 1. The van der Waals surface area contributed by atoms with Crippen molar-refractivity contribution >= 4 is 17.3 Å². The van der Waals surface area contributed by atoms with Gasteiger partial charge in [-0.3, -0.25) is 4.79 Å². The summed E-state index contributed by atoms with van der Waals surface area (Å²) in [4.78, 5) is 17.0. The number of anilines is 2. The smallest absolute Gasteiger partial charge is 0.246 e. The van der Waals surface area contributed by atoms with Crippen molar-refractivity contribution in [3.63, 3.8) is 0 Å². The molecule has 134 valence electrons. The van der Waals surface area contributed by atoms with Gasteiger partial charge in [0.05, 0.1) is 19.0 Å². The zero-order chi connectivity index (χ0) is 18.7. The number of rotatable bonds is 5. The number of nitriles is 1. The van der Waals surface area contributed by atoms with Crippen molar-refractivity contribution in [2.75, 3.05) is 29.4 Å². The summed E-state index contributed by atoms with van der Waals surface area (Å²) < 4.78 is 0. The Morgan fingerprint density at radius 1 is 1.23 bits per heavy atom. The van der Waals surface area contributed by atoms with Crippen LogP contribution in [-0.4, -0.2) is 25.5 Å². The molecule has 0 aliphatic carbocycles. The minimum Gasteiger partial charge on any atom is -0.361 e. The second-order valence-corrected chi connectivity index (χ2v) is 7.14. The molecule has 0 saturated carbocycles. The Balaban J connectivity index is 1.84. The molecule has 26 heavy (non-hydrogen) atoms. The highest BCUT2D eigenvalue weighted by molar-refractivity contribution is 5.97. The van der Waals surface area contributed by atoms with E-state index in [0.29, 0.717) is 25.4 Å². The molecule has 0 bridgehead atoms. The first kappa shape index (κ1) is 18.0. The highest BCUT2D eigenvalue weighted by atomic mass is 16.2. The lowest BCUT2D eigenvalue weighted by Crippen LogP contribution is -2.40. The lowest BCUT2D eigenvalue weighted by atomic mass is 10.0. The number of amides is 1. The molecule has 1 heterocycles. The maximum atomic E-state index is 13.1. The summed E-state index contributed by atoms with van der Waals surface area (Å²) in [7, 11) is 0. The molecule has 4 heteroatoms. The molecule has 1 unspecified atom stereocenters. The van der Waals surface area contributed by atoms with E-state index in [1.54, 1.807) is 4.90 Å². The molecule has 0 aromatic heterocycles. The third-order valence-corrected chi connectivity index (χ3v) is 4.90. The normalized spacial score (nSPS) is 15.5. The second kappa shape index (κ2) is 7.61. The third kappa shape index (κ3) is 3.72. The van der Waals surface area contributed by atoms with E-state index in [-0.39, 0.29) is 5.91 Å². The van der Waals surface area contributed by atoms with Crippen LogP contribution in [0.25, 0.3) is 0 Å². The molecule has 3 rings (SSSR count). The van der Waals surface area contributed by atoms with Crippen molar-refractivity contribution in [3.05, 3.63) is 59.2 Å². The Kier molecular flexibility index (Phi) is 5.27. The van der Waals surface area contributed by atoms with Crippen molar-refractivity contribution in [2.24, 2.45) is 0 Å². The molecule has 2 aromatic carbocycles. The molecular formula is C22H25N3O. The van der Waals surface area contributed by atoms with Gasteiger partial charge >= 0.3 is 0 Å². The van der Waals surface area contributed by atoms with Gasteiger partial charge in [-0.05, 0) is 48.7 Å². The Morgan fingerprint density at radius 3 is 2.62 bits per heavy atom. The first-order valence-corrected chi connectivity index (χ1v) is 9.09. The SMILES string of the molecule is Cc1cc(C)cc(N(CCC#N)C(=O)CN2CC(C)c3ccccc32)c1. The van der Waals surface area contributed by atoms with Gasteiger partial charge in [0.15, 0.2) is 0 Å². The van der Waals surface area contributed by atoms with E-state index in [1.165, 1.54) is 5.56 Å². The molecule has 0 N–H and O–H groups in total. The number of aryl methyl sites for hydroxylation is 2. The number of para-hydroxylation sites is 1. The average molecular weight is 347 g/mol. The van der Waals surface area contributed by atoms with Gasteiger partial charge in [0.25, 0.3) is 0 Å². The van der Waals surface area contributed by atoms with Gasteiger partial charge in [0.1, 0.15) is 0 Å². The van der Waals surface area contributed by atoms with Crippen LogP contribution in [-0.2, 0) is 4.79 Å². The molecule has 0 radical (unpaired) electrons. The number of hydrogen-bond donors (Lipinski definition) is 0. The van der Waals surface area contributed by atoms with E-state index in [1.807, 2.05) is 32.0 Å². The largest absolute Gasteiger partial charge is 0.361 e. The number of fused-ring (bicyclic) bond motifs is 1. The fourth-order valence-electron chi connectivity index (χ4n) is 3.78. The van der Waals surface area contributed by atoms with Crippen molar-refractivity contribution in [1.29, 1.82) is 5.26 Å². The summed E-state index contributed by atoms with van der Waals surface area (Å²) in [6, 6.07) is 16.6. The molecule has 4 nitrogen and oxygen atoms in total. The van der Waals surface area contributed by atoms with Crippen LogP contribution in [0.3, 0.4) is 0 Å². The highest BCUT2D eigenvalue weighted by Gasteiger charge is 2.28. The molecule has 0 saturated heterocycles. The highest BCUT2D eigenvalue weighted by Crippen LogP contribution is 2.35. The fourth-order valence-corrected chi connectivity index (χ4v) is 3.78. The molecule has 2 aromatic rings. The Morgan fingerprint density at radius 2 is 1.92 bits per heavy atom. The molecule has 1 aliphatic heterocycles. The summed E-state index contributed by atoms with van der Waals surface area (Å²) in [5, 5.41) is 9.00. The molecule has 1 atom stereocenters. The van der Waals surface area contributed by atoms with Gasteiger partial charge in [-0.15, -0.1) is 0 Å². The lowest BCUT2D eigenvalue weighted by Gasteiger charge is -2.27. The van der Waals surface area contributed by atoms with Crippen LogP contribution < -0.4 is 9.80 Å². The third-order valence-electron chi connectivity index (χ3n) is 4.90. The van der Waals surface area contributed by atoms with Crippen LogP contribution in [0.1, 0.15) is 36.0 Å². The van der Waals surface area contributed by atoms with E-state index in [4.69, 9.17) is 5.26 Å². The zero-order valence-corrected chi connectivity index (χ0v) is 15.7. The summed E-state index contributed by atoms with van der Waals surface area (Å²) >= 11 is 0. The zero-order valence-electron chi connectivity index (χ0n) is 15.7. The minimum absolute atomic E-state index is 0.0363. The van der Waals surface area contributed by atoms with Crippen molar-refractivity contribution in [3.8, 4) is 6.07 Å². The van der Waals surface area contributed by atoms with Crippen LogP contribution in [0.5, 0.6) is 0 Å². The van der Waals surface area contributed by atoms with Crippen LogP contribution in [0, 0.1) is 25.2 Å².